The number of hydrogen-bond acceptors (Lipinski definition) is 3. The summed E-state index contributed by atoms with van der Waals surface area (Å²) in [5, 5.41) is 8.59. The quantitative estimate of drug-likeness (QED) is 0.785. The predicted octanol–water partition coefficient (Wildman–Crippen LogP) is 1.36. The number of urea groups is 1. The summed E-state index contributed by atoms with van der Waals surface area (Å²) >= 11 is 0. The lowest BCUT2D eigenvalue weighted by atomic mass is 10.2. The van der Waals surface area contributed by atoms with Gasteiger partial charge in [0.25, 0.3) is 0 Å². The fraction of sp³-hybridized carbons (Fsp3) is 0.467. The van der Waals surface area contributed by atoms with E-state index in [9.17, 15) is 9.59 Å². The number of carbonyl (C=O) groups is 2. The van der Waals surface area contributed by atoms with E-state index in [1.165, 1.54) is 0 Å². The van der Waals surface area contributed by atoms with Crippen molar-refractivity contribution >= 4 is 30.0 Å². The molecule has 22 heavy (non-hydrogen) atoms. The Morgan fingerprint density at radius 2 is 2.18 bits per heavy atom. The molecule has 0 spiro atoms. The number of amides is 3. The number of halogens is 1. The van der Waals surface area contributed by atoms with Crippen LogP contribution in [0.5, 0.6) is 0 Å². The molecule has 122 valence electrons. The molecule has 0 saturated carbocycles. The van der Waals surface area contributed by atoms with E-state index in [0.29, 0.717) is 19.1 Å². The molecule has 1 atom stereocenters. The van der Waals surface area contributed by atoms with Crippen molar-refractivity contribution in [3.8, 4) is 0 Å². The third-order valence-corrected chi connectivity index (χ3v) is 3.40. The summed E-state index contributed by atoms with van der Waals surface area (Å²) in [6.45, 7) is 6.17. The second-order valence-corrected chi connectivity index (χ2v) is 5.37. The normalized spacial score (nSPS) is 17.4. The highest BCUT2D eigenvalue weighted by Crippen LogP contribution is 2.08. The molecule has 2 rings (SSSR count). The van der Waals surface area contributed by atoms with Crippen LogP contribution in [0, 0.1) is 6.92 Å². The van der Waals surface area contributed by atoms with Gasteiger partial charge in [-0.3, -0.25) is 4.79 Å². The van der Waals surface area contributed by atoms with Gasteiger partial charge in [0, 0.05) is 31.4 Å². The van der Waals surface area contributed by atoms with Gasteiger partial charge in [0.05, 0.1) is 6.54 Å². The lowest BCUT2D eigenvalue weighted by molar-refractivity contribution is -0.131. The molecule has 1 fully saturated rings. The fourth-order valence-electron chi connectivity index (χ4n) is 2.32. The maximum absolute atomic E-state index is 12.0. The van der Waals surface area contributed by atoms with E-state index in [2.05, 4.69) is 16.0 Å². The highest BCUT2D eigenvalue weighted by atomic mass is 35.5. The Hall–Kier alpha value is -1.79. The van der Waals surface area contributed by atoms with E-state index in [1.54, 1.807) is 4.90 Å². The molecule has 1 aliphatic heterocycles. The van der Waals surface area contributed by atoms with E-state index in [1.807, 2.05) is 38.1 Å². The molecule has 1 unspecified atom stereocenters. The molecule has 7 heteroatoms. The summed E-state index contributed by atoms with van der Waals surface area (Å²) in [4.78, 5) is 25.6. The standard InChI is InChI=1S/C15H22N4O2.ClH/c1-11-4-3-5-13(8-11)18-15(21)17-9-14(20)19-7-6-16-12(2)10-19;/h3-5,8,12,16H,6-7,9-10H2,1-2H3,(H2,17,18,21);1H. The molecule has 3 amide bonds. The number of hydrogen-bond donors (Lipinski definition) is 3. The number of anilines is 1. The first kappa shape index (κ1) is 18.3. The topological polar surface area (TPSA) is 73.5 Å². The van der Waals surface area contributed by atoms with Gasteiger partial charge in [-0.05, 0) is 31.5 Å². The molecular weight excluding hydrogens is 304 g/mol. The average molecular weight is 327 g/mol. The zero-order chi connectivity index (χ0) is 15.2. The number of rotatable bonds is 3. The van der Waals surface area contributed by atoms with E-state index < -0.39 is 0 Å². The van der Waals surface area contributed by atoms with Gasteiger partial charge in [-0.2, -0.15) is 0 Å². The maximum Gasteiger partial charge on any atom is 0.319 e. The van der Waals surface area contributed by atoms with Crippen molar-refractivity contribution in [3.05, 3.63) is 29.8 Å². The lowest BCUT2D eigenvalue weighted by Crippen LogP contribution is -2.53. The Kier molecular flexibility index (Phi) is 7.14. The predicted molar refractivity (Wildman–Crippen MR) is 89.5 cm³/mol. The minimum Gasteiger partial charge on any atom is -0.338 e. The molecule has 1 saturated heterocycles. The number of carbonyl (C=O) groups excluding carboxylic acids is 2. The molecule has 0 radical (unpaired) electrons. The number of nitrogens with zero attached hydrogens (tertiary/aromatic N) is 1. The van der Waals surface area contributed by atoms with Gasteiger partial charge in [-0.1, -0.05) is 12.1 Å². The van der Waals surface area contributed by atoms with Gasteiger partial charge >= 0.3 is 6.03 Å². The third kappa shape index (κ3) is 5.54. The van der Waals surface area contributed by atoms with Crippen LogP contribution >= 0.6 is 12.4 Å². The molecule has 1 heterocycles. The monoisotopic (exact) mass is 326 g/mol. The summed E-state index contributed by atoms with van der Waals surface area (Å²) in [7, 11) is 0. The molecule has 0 aromatic heterocycles. The summed E-state index contributed by atoms with van der Waals surface area (Å²) in [5.41, 5.74) is 1.79. The molecule has 1 aromatic rings. The average Bonchev–Trinajstić information content (AvgIpc) is 2.45. The Balaban J connectivity index is 0.00000242. The van der Waals surface area contributed by atoms with Crippen LogP contribution in [0.2, 0.25) is 0 Å². The summed E-state index contributed by atoms with van der Waals surface area (Å²) in [6, 6.07) is 7.45. The smallest absolute Gasteiger partial charge is 0.319 e. The molecule has 0 aliphatic carbocycles. The summed E-state index contributed by atoms with van der Waals surface area (Å²) in [5.74, 6) is -0.0530. The van der Waals surface area contributed by atoms with Gasteiger partial charge in [-0.25, -0.2) is 4.79 Å². The van der Waals surface area contributed by atoms with Crippen LogP contribution in [0.25, 0.3) is 0 Å². The van der Waals surface area contributed by atoms with E-state index in [-0.39, 0.29) is 30.9 Å². The van der Waals surface area contributed by atoms with Gasteiger partial charge in [0.2, 0.25) is 5.91 Å². The van der Waals surface area contributed by atoms with Crippen molar-refractivity contribution < 1.29 is 9.59 Å². The van der Waals surface area contributed by atoms with Gasteiger partial charge in [-0.15, -0.1) is 12.4 Å². The Labute approximate surface area is 137 Å². The molecule has 3 N–H and O–H groups in total. The number of piperazine rings is 1. The van der Waals surface area contributed by atoms with Gasteiger partial charge in [0.15, 0.2) is 0 Å². The zero-order valence-corrected chi connectivity index (χ0v) is 13.7. The fourth-order valence-corrected chi connectivity index (χ4v) is 2.32. The molecule has 1 aliphatic rings. The number of benzene rings is 1. The number of nitrogens with one attached hydrogen (secondary N) is 3. The van der Waals surface area contributed by atoms with Crippen molar-refractivity contribution in [2.75, 3.05) is 31.5 Å². The van der Waals surface area contributed by atoms with Crippen molar-refractivity contribution in [1.82, 2.24) is 15.5 Å². The SMILES string of the molecule is Cc1cccc(NC(=O)NCC(=O)N2CCNC(C)C2)c1.Cl. The Morgan fingerprint density at radius 3 is 2.86 bits per heavy atom. The molecule has 1 aromatic carbocycles. The summed E-state index contributed by atoms with van der Waals surface area (Å²) < 4.78 is 0. The van der Waals surface area contributed by atoms with Crippen molar-refractivity contribution in [2.45, 2.75) is 19.9 Å². The van der Waals surface area contributed by atoms with Crippen LogP contribution < -0.4 is 16.0 Å². The van der Waals surface area contributed by atoms with E-state index in [0.717, 1.165) is 17.8 Å². The highest BCUT2D eigenvalue weighted by Gasteiger charge is 2.20. The minimum atomic E-state index is -0.364. The molecule has 0 bridgehead atoms. The molecular formula is C15H23ClN4O2. The van der Waals surface area contributed by atoms with E-state index in [4.69, 9.17) is 0 Å². The zero-order valence-electron chi connectivity index (χ0n) is 12.9. The van der Waals surface area contributed by atoms with Crippen LogP contribution in [0.1, 0.15) is 12.5 Å². The van der Waals surface area contributed by atoms with Crippen LogP contribution in [-0.2, 0) is 4.79 Å². The van der Waals surface area contributed by atoms with Crippen LogP contribution in [0.4, 0.5) is 10.5 Å². The Morgan fingerprint density at radius 1 is 1.41 bits per heavy atom. The second kappa shape index (κ2) is 8.60. The summed E-state index contributed by atoms with van der Waals surface area (Å²) in [6.07, 6.45) is 0. The van der Waals surface area contributed by atoms with Crippen molar-refractivity contribution in [2.24, 2.45) is 0 Å². The van der Waals surface area contributed by atoms with Crippen LogP contribution in [-0.4, -0.2) is 49.1 Å². The second-order valence-electron chi connectivity index (χ2n) is 5.37. The first-order valence-corrected chi connectivity index (χ1v) is 7.17. The van der Waals surface area contributed by atoms with Crippen molar-refractivity contribution in [1.29, 1.82) is 0 Å². The van der Waals surface area contributed by atoms with Crippen LogP contribution in [0.15, 0.2) is 24.3 Å². The molecule has 6 nitrogen and oxygen atoms in total. The first-order chi connectivity index (χ1) is 10.0. The van der Waals surface area contributed by atoms with Crippen LogP contribution in [0.3, 0.4) is 0 Å². The Bertz CT molecular complexity index is 524. The lowest BCUT2D eigenvalue weighted by Gasteiger charge is -2.31. The first-order valence-electron chi connectivity index (χ1n) is 7.17. The number of aryl methyl sites for hydroxylation is 1. The van der Waals surface area contributed by atoms with Gasteiger partial charge in [0.1, 0.15) is 0 Å². The minimum absolute atomic E-state index is 0. The maximum atomic E-state index is 12.0. The highest BCUT2D eigenvalue weighted by molar-refractivity contribution is 5.92. The van der Waals surface area contributed by atoms with E-state index >= 15 is 0 Å². The van der Waals surface area contributed by atoms with Gasteiger partial charge < -0.3 is 20.9 Å². The van der Waals surface area contributed by atoms with Crippen molar-refractivity contribution in [3.63, 3.8) is 0 Å². The largest absolute Gasteiger partial charge is 0.338 e. The third-order valence-electron chi connectivity index (χ3n) is 3.40.